The normalized spacial score (nSPS) is 20.1. The number of hydrogen-bond donors (Lipinski definition) is 2. The SMILES string of the molecule is Cc1ccc(CCNC2CCN(c3ccc(C(=O)N4CCCC(O)C4)cc3)CC2)cc1. The van der Waals surface area contributed by atoms with E-state index in [0.717, 1.165) is 58.3 Å². The molecule has 5 heteroatoms. The molecule has 31 heavy (non-hydrogen) atoms. The van der Waals surface area contributed by atoms with Gasteiger partial charge in [-0.2, -0.15) is 0 Å². The average molecular weight is 422 g/mol. The Hall–Kier alpha value is -2.37. The maximum absolute atomic E-state index is 12.7. The largest absolute Gasteiger partial charge is 0.391 e. The van der Waals surface area contributed by atoms with Gasteiger partial charge in [0.15, 0.2) is 0 Å². The standard InChI is InChI=1S/C26H35N3O2/c1-20-4-6-21(7-5-20)12-15-27-23-13-17-28(18-14-23)24-10-8-22(9-11-24)26(31)29-16-2-3-25(30)19-29/h4-11,23,25,27,30H,2-3,12-19H2,1H3. The van der Waals surface area contributed by atoms with Crippen LogP contribution in [-0.4, -0.2) is 60.8 Å². The summed E-state index contributed by atoms with van der Waals surface area (Å²) in [6, 6.07) is 17.4. The van der Waals surface area contributed by atoms with Gasteiger partial charge in [-0.15, -0.1) is 0 Å². The van der Waals surface area contributed by atoms with Gasteiger partial charge in [-0.1, -0.05) is 29.8 Å². The average Bonchev–Trinajstić information content (AvgIpc) is 2.80. The molecule has 0 aliphatic carbocycles. The Morgan fingerprint density at radius 2 is 1.71 bits per heavy atom. The molecule has 5 nitrogen and oxygen atoms in total. The molecule has 1 atom stereocenters. The molecule has 2 fully saturated rings. The van der Waals surface area contributed by atoms with Crippen molar-refractivity contribution < 1.29 is 9.90 Å². The lowest BCUT2D eigenvalue weighted by molar-refractivity contribution is 0.0474. The highest BCUT2D eigenvalue weighted by Crippen LogP contribution is 2.22. The number of nitrogens with zero attached hydrogens (tertiary/aromatic N) is 2. The minimum Gasteiger partial charge on any atom is -0.391 e. The number of aryl methyl sites for hydroxylation is 1. The topological polar surface area (TPSA) is 55.8 Å². The van der Waals surface area contributed by atoms with Crippen LogP contribution in [0, 0.1) is 6.92 Å². The molecule has 2 aliphatic rings. The summed E-state index contributed by atoms with van der Waals surface area (Å²) in [7, 11) is 0. The van der Waals surface area contributed by atoms with E-state index in [1.165, 1.54) is 16.8 Å². The van der Waals surface area contributed by atoms with Gasteiger partial charge in [-0.05, 0) is 75.4 Å². The van der Waals surface area contributed by atoms with E-state index in [0.29, 0.717) is 18.2 Å². The van der Waals surface area contributed by atoms with E-state index in [4.69, 9.17) is 0 Å². The van der Waals surface area contributed by atoms with Crippen LogP contribution in [0.25, 0.3) is 0 Å². The highest BCUT2D eigenvalue weighted by molar-refractivity contribution is 5.94. The lowest BCUT2D eigenvalue weighted by atomic mass is 10.0. The molecule has 1 amide bonds. The number of aliphatic hydroxyl groups is 1. The van der Waals surface area contributed by atoms with E-state index >= 15 is 0 Å². The molecule has 2 N–H and O–H groups in total. The highest BCUT2D eigenvalue weighted by Gasteiger charge is 2.23. The fraction of sp³-hybridized carbons (Fsp3) is 0.500. The number of β-amino-alcohol motifs (C(OH)–C–C–N with tert-alkyl or cyclic N) is 1. The molecule has 2 heterocycles. The maximum atomic E-state index is 12.7. The molecule has 2 aromatic carbocycles. The van der Waals surface area contributed by atoms with Crippen molar-refractivity contribution in [2.75, 3.05) is 37.6 Å². The van der Waals surface area contributed by atoms with Crippen molar-refractivity contribution >= 4 is 11.6 Å². The van der Waals surface area contributed by atoms with Crippen molar-refractivity contribution in [1.82, 2.24) is 10.2 Å². The van der Waals surface area contributed by atoms with Gasteiger partial charge in [-0.25, -0.2) is 0 Å². The number of hydrogen-bond acceptors (Lipinski definition) is 4. The molecule has 1 unspecified atom stereocenters. The summed E-state index contributed by atoms with van der Waals surface area (Å²) in [5.41, 5.74) is 4.61. The molecule has 0 bridgehead atoms. The molecule has 2 aromatic rings. The van der Waals surface area contributed by atoms with Crippen LogP contribution in [0.15, 0.2) is 48.5 Å². The maximum Gasteiger partial charge on any atom is 0.253 e. The summed E-state index contributed by atoms with van der Waals surface area (Å²) in [6.07, 6.45) is 4.63. The smallest absolute Gasteiger partial charge is 0.253 e. The zero-order valence-electron chi connectivity index (χ0n) is 18.6. The number of amides is 1. The number of anilines is 1. The summed E-state index contributed by atoms with van der Waals surface area (Å²) in [6.45, 7) is 6.41. The number of piperidine rings is 2. The fourth-order valence-electron chi connectivity index (χ4n) is 4.65. The molecule has 0 radical (unpaired) electrons. The van der Waals surface area contributed by atoms with Crippen LogP contribution in [0.2, 0.25) is 0 Å². The molecule has 0 aromatic heterocycles. The van der Waals surface area contributed by atoms with E-state index in [-0.39, 0.29) is 12.0 Å². The summed E-state index contributed by atoms with van der Waals surface area (Å²) < 4.78 is 0. The van der Waals surface area contributed by atoms with Crippen molar-refractivity contribution in [3.63, 3.8) is 0 Å². The minimum atomic E-state index is -0.385. The summed E-state index contributed by atoms with van der Waals surface area (Å²) >= 11 is 0. The predicted molar refractivity (Wildman–Crippen MR) is 126 cm³/mol. The highest BCUT2D eigenvalue weighted by atomic mass is 16.3. The first kappa shape index (κ1) is 21.8. The lowest BCUT2D eigenvalue weighted by Gasteiger charge is -2.34. The Morgan fingerprint density at radius 3 is 2.39 bits per heavy atom. The van der Waals surface area contributed by atoms with Crippen molar-refractivity contribution in [3.05, 3.63) is 65.2 Å². The minimum absolute atomic E-state index is 0.0294. The third-order valence-corrected chi connectivity index (χ3v) is 6.63. The number of nitrogens with one attached hydrogen (secondary N) is 1. The zero-order chi connectivity index (χ0) is 21.6. The van der Waals surface area contributed by atoms with Crippen LogP contribution in [0.1, 0.15) is 47.2 Å². The third-order valence-electron chi connectivity index (χ3n) is 6.63. The Balaban J connectivity index is 1.22. The van der Waals surface area contributed by atoms with Gasteiger partial charge >= 0.3 is 0 Å². The molecular weight excluding hydrogens is 386 g/mol. The van der Waals surface area contributed by atoms with E-state index in [1.807, 2.05) is 12.1 Å². The summed E-state index contributed by atoms with van der Waals surface area (Å²) in [4.78, 5) is 16.9. The molecule has 2 saturated heterocycles. The first-order valence-corrected chi connectivity index (χ1v) is 11.7. The van der Waals surface area contributed by atoms with Crippen molar-refractivity contribution in [3.8, 4) is 0 Å². The zero-order valence-corrected chi connectivity index (χ0v) is 18.6. The third kappa shape index (κ3) is 5.86. The molecule has 2 aliphatic heterocycles. The number of likely N-dealkylation sites (tertiary alicyclic amines) is 1. The van der Waals surface area contributed by atoms with E-state index in [1.54, 1.807) is 4.90 Å². The van der Waals surface area contributed by atoms with Gasteiger partial charge in [0, 0.05) is 43.5 Å². The Bertz CT molecular complexity index is 842. The van der Waals surface area contributed by atoms with Gasteiger partial charge in [0.05, 0.1) is 6.10 Å². The Morgan fingerprint density at radius 1 is 1.00 bits per heavy atom. The van der Waals surface area contributed by atoms with E-state index in [9.17, 15) is 9.90 Å². The summed E-state index contributed by atoms with van der Waals surface area (Å²) in [5.74, 6) is 0.0294. The molecular formula is C26H35N3O2. The quantitative estimate of drug-likeness (QED) is 0.751. The van der Waals surface area contributed by atoms with Crippen LogP contribution in [-0.2, 0) is 6.42 Å². The number of carbonyl (C=O) groups excluding carboxylic acids is 1. The molecule has 4 rings (SSSR count). The van der Waals surface area contributed by atoms with Crippen LogP contribution in [0.3, 0.4) is 0 Å². The summed E-state index contributed by atoms with van der Waals surface area (Å²) in [5, 5.41) is 13.6. The van der Waals surface area contributed by atoms with Crippen molar-refractivity contribution in [1.29, 1.82) is 0 Å². The Labute approximate surface area is 186 Å². The van der Waals surface area contributed by atoms with Crippen LogP contribution >= 0.6 is 0 Å². The van der Waals surface area contributed by atoms with Crippen molar-refractivity contribution in [2.45, 2.75) is 51.2 Å². The molecule has 166 valence electrons. The fourth-order valence-corrected chi connectivity index (χ4v) is 4.65. The van der Waals surface area contributed by atoms with Gasteiger partial charge < -0.3 is 20.2 Å². The number of rotatable bonds is 6. The van der Waals surface area contributed by atoms with E-state index < -0.39 is 0 Å². The monoisotopic (exact) mass is 421 g/mol. The van der Waals surface area contributed by atoms with Gasteiger partial charge in [0.2, 0.25) is 0 Å². The van der Waals surface area contributed by atoms with Crippen LogP contribution in [0.5, 0.6) is 0 Å². The molecule has 0 saturated carbocycles. The van der Waals surface area contributed by atoms with Crippen molar-refractivity contribution in [2.24, 2.45) is 0 Å². The number of aliphatic hydroxyl groups excluding tert-OH is 1. The van der Waals surface area contributed by atoms with Gasteiger partial charge in [0.1, 0.15) is 0 Å². The first-order chi connectivity index (χ1) is 15.1. The molecule has 0 spiro atoms. The number of benzene rings is 2. The Kier molecular flexibility index (Phi) is 7.25. The van der Waals surface area contributed by atoms with Gasteiger partial charge in [-0.3, -0.25) is 4.79 Å². The second-order valence-corrected chi connectivity index (χ2v) is 9.05. The van der Waals surface area contributed by atoms with Gasteiger partial charge in [0.25, 0.3) is 5.91 Å². The second-order valence-electron chi connectivity index (χ2n) is 9.05. The second kappa shape index (κ2) is 10.3. The predicted octanol–water partition coefficient (Wildman–Crippen LogP) is 3.39. The van der Waals surface area contributed by atoms with Crippen LogP contribution in [0.4, 0.5) is 5.69 Å². The van der Waals surface area contributed by atoms with Crippen LogP contribution < -0.4 is 10.2 Å². The lowest BCUT2D eigenvalue weighted by Crippen LogP contribution is -2.43. The van der Waals surface area contributed by atoms with E-state index in [2.05, 4.69) is 53.5 Å². The first-order valence-electron chi connectivity index (χ1n) is 11.7. The number of carbonyl (C=O) groups is 1.